The van der Waals surface area contributed by atoms with E-state index in [1.807, 2.05) is 25.3 Å². The topological polar surface area (TPSA) is 34.0 Å². The Hall–Kier alpha value is -1.09. The van der Waals surface area contributed by atoms with Crippen molar-refractivity contribution >= 4 is 0 Å². The minimum Gasteiger partial charge on any atom is -0.315 e. The van der Waals surface area contributed by atoms with Crippen molar-refractivity contribution < 1.29 is 0 Å². The Balaban J connectivity index is 2.23. The number of nitrogens with one attached hydrogen (secondary N) is 1. The predicted molar refractivity (Wildman–Crippen MR) is 72.4 cm³/mol. The first-order chi connectivity index (χ1) is 8.11. The number of rotatable bonds is 7. The fourth-order valence-corrected chi connectivity index (χ4v) is 1.79. The van der Waals surface area contributed by atoms with Gasteiger partial charge in [0.25, 0.3) is 5.56 Å². The molecule has 0 saturated heterocycles. The summed E-state index contributed by atoms with van der Waals surface area (Å²) in [5, 5.41) is 3.38. The van der Waals surface area contributed by atoms with Crippen molar-refractivity contribution in [1.82, 2.24) is 9.88 Å². The van der Waals surface area contributed by atoms with Crippen LogP contribution >= 0.6 is 0 Å². The highest BCUT2D eigenvalue weighted by atomic mass is 16.1. The summed E-state index contributed by atoms with van der Waals surface area (Å²) in [5.41, 5.74) is 0.934. The molecular weight excluding hydrogens is 212 g/mol. The number of pyridine rings is 1. The molecule has 0 aliphatic rings. The second-order valence-corrected chi connectivity index (χ2v) is 4.98. The molecule has 1 aromatic heterocycles. The van der Waals surface area contributed by atoms with Crippen molar-refractivity contribution in [3.63, 3.8) is 0 Å². The molecule has 0 saturated carbocycles. The lowest BCUT2D eigenvalue weighted by molar-refractivity contribution is 0.512. The van der Waals surface area contributed by atoms with E-state index in [4.69, 9.17) is 0 Å². The number of nitrogens with zero attached hydrogens (tertiary/aromatic N) is 1. The maximum absolute atomic E-state index is 11.7. The molecule has 0 aliphatic heterocycles. The Kier molecular flexibility index (Phi) is 5.98. The third kappa shape index (κ3) is 5.18. The zero-order valence-electron chi connectivity index (χ0n) is 11.2. The molecule has 1 rings (SSSR count). The molecule has 1 N–H and O–H groups in total. The van der Waals surface area contributed by atoms with Crippen molar-refractivity contribution in [3.8, 4) is 0 Å². The molecule has 0 spiro atoms. The first kappa shape index (κ1) is 14.0. The molecule has 0 bridgehead atoms. The van der Waals surface area contributed by atoms with Crippen molar-refractivity contribution in [1.29, 1.82) is 0 Å². The monoisotopic (exact) mass is 236 g/mol. The molecule has 96 valence electrons. The van der Waals surface area contributed by atoms with E-state index < -0.39 is 0 Å². The minimum absolute atomic E-state index is 0.122. The maximum Gasteiger partial charge on any atom is 0.253 e. The molecule has 3 heteroatoms. The van der Waals surface area contributed by atoms with Crippen LogP contribution in [-0.4, -0.2) is 17.7 Å². The van der Waals surface area contributed by atoms with Crippen LogP contribution in [0.15, 0.2) is 23.1 Å². The average molecular weight is 236 g/mol. The Labute approximate surface area is 104 Å². The van der Waals surface area contributed by atoms with Crippen LogP contribution in [0.25, 0.3) is 0 Å². The molecule has 0 radical (unpaired) electrons. The summed E-state index contributed by atoms with van der Waals surface area (Å²) < 4.78 is 1.77. The van der Waals surface area contributed by atoms with Gasteiger partial charge >= 0.3 is 0 Å². The van der Waals surface area contributed by atoms with Gasteiger partial charge in [-0.1, -0.05) is 19.9 Å². The smallest absolute Gasteiger partial charge is 0.253 e. The van der Waals surface area contributed by atoms with Crippen LogP contribution in [-0.2, 0) is 6.54 Å². The van der Waals surface area contributed by atoms with E-state index in [-0.39, 0.29) is 5.56 Å². The Bertz CT molecular complexity index is 382. The normalized spacial score (nSPS) is 11.1. The van der Waals surface area contributed by atoms with Crippen LogP contribution in [0.1, 0.15) is 32.3 Å². The minimum atomic E-state index is 0.122. The lowest BCUT2D eigenvalue weighted by atomic mass is 10.1. The Morgan fingerprint density at radius 1 is 1.35 bits per heavy atom. The standard InChI is InChI=1S/C14H24N2O/c1-12(2)6-4-8-15-9-11-16-10-5-7-13(3)14(16)17/h5,7,10,12,15H,4,6,8-9,11H2,1-3H3. The van der Waals surface area contributed by atoms with Gasteiger partial charge < -0.3 is 9.88 Å². The van der Waals surface area contributed by atoms with Gasteiger partial charge in [-0.2, -0.15) is 0 Å². The van der Waals surface area contributed by atoms with Gasteiger partial charge in [-0.05, 0) is 38.3 Å². The molecule has 0 aromatic carbocycles. The number of hydrogen-bond donors (Lipinski definition) is 1. The summed E-state index contributed by atoms with van der Waals surface area (Å²) in [7, 11) is 0. The molecule has 0 unspecified atom stereocenters. The van der Waals surface area contributed by atoms with Crippen LogP contribution < -0.4 is 10.9 Å². The molecule has 0 amide bonds. The second-order valence-electron chi connectivity index (χ2n) is 4.98. The van der Waals surface area contributed by atoms with E-state index in [0.717, 1.165) is 31.1 Å². The van der Waals surface area contributed by atoms with Gasteiger partial charge in [0.05, 0.1) is 0 Å². The average Bonchev–Trinajstić information content (AvgIpc) is 2.28. The molecule has 0 fully saturated rings. The van der Waals surface area contributed by atoms with E-state index in [1.165, 1.54) is 12.8 Å². The highest BCUT2D eigenvalue weighted by Crippen LogP contribution is 2.01. The lowest BCUT2D eigenvalue weighted by Crippen LogP contribution is -2.28. The second kappa shape index (κ2) is 7.28. The molecule has 17 heavy (non-hydrogen) atoms. The SMILES string of the molecule is Cc1cccn(CCNCCCC(C)C)c1=O. The van der Waals surface area contributed by atoms with Crippen LogP contribution in [0.3, 0.4) is 0 Å². The van der Waals surface area contributed by atoms with E-state index >= 15 is 0 Å². The van der Waals surface area contributed by atoms with E-state index in [2.05, 4.69) is 19.2 Å². The van der Waals surface area contributed by atoms with Crippen molar-refractivity contribution in [2.75, 3.05) is 13.1 Å². The molecule has 1 aromatic rings. The fraction of sp³-hybridized carbons (Fsp3) is 0.643. The summed E-state index contributed by atoms with van der Waals surface area (Å²) in [4.78, 5) is 11.7. The van der Waals surface area contributed by atoms with Gasteiger partial charge in [-0.25, -0.2) is 0 Å². The Morgan fingerprint density at radius 3 is 2.82 bits per heavy atom. The van der Waals surface area contributed by atoms with E-state index in [1.54, 1.807) is 4.57 Å². The van der Waals surface area contributed by atoms with E-state index in [0.29, 0.717) is 0 Å². The third-order valence-electron chi connectivity index (χ3n) is 2.87. The maximum atomic E-state index is 11.7. The summed E-state index contributed by atoms with van der Waals surface area (Å²) in [5.74, 6) is 0.774. The largest absolute Gasteiger partial charge is 0.315 e. The summed E-state index contributed by atoms with van der Waals surface area (Å²) in [6.45, 7) is 9.00. The zero-order valence-corrected chi connectivity index (χ0v) is 11.2. The zero-order chi connectivity index (χ0) is 12.7. The van der Waals surface area contributed by atoms with E-state index in [9.17, 15) is 4.79 Å². The van der Waals surface area contributed by atoms with Gasteiger partial charge in [0.2, 0.25) is 0 Å². The highest BCUT2D eigenvalue weighted by molar-refractivity contribution is 5.07. The predicted octanol–water partition coefficient (Wildman–Crippen LogP) is 2.18. The molecular formula is C14H24N2O. The van der Waals surface area contributed by atoms with Crippen LogP contribution in [0.2, 0.25) is 0 Å². The van der Waals surface area contributed by atoms with Crippen LogP contribution in [0, 0.1) is 12.8 Å². The number of aryl methyl sites for hydroxylation is 1. The van der Waals surface area contributed by atoms with Gasteiger partial charge in [-0.15, -0.1) is 0 Å². The molecule has 1 heterocycles. The first-order valence-electron chi connectivity index (χ1n) is 6.48. The summed E-state index contributed by atoms with van der Waals surface area (Å²) in [6.07, 6.45) is 4.32. The number of aromatic nitrogens is 1. The molecule has 0 atom stereocenters. The first-order valence-corrected chi connectivity index (χ1v) is 6.48. The van der Waals surface area contributed by atoms with Crippen LogP contribution in [0.4, 0.5) is 0 Å². The highest BCUT2D eigenvalue weighted by Gasteiger charge is 1.98. The van der Waals surface area contributed by atoms with Crippen LogP contribution in [0.5, 0.6) is 0 Å². The Morgan fingerprint density at radius 2 is 2.12 bits per heavy atom. The van der Waals surface area contributed by atoms with Crippen molar-refractivity contribution in [3.05, 3.63) is 34.2 Å². The lowest BCUT2D eigenvalue weighted by Gasteiger charge is -2.08. The number of hydrogen-bond acceptors (Lipinski definition) is 2. The fourth-order valence-electron chi connectivity index (χ4n) is 1.79. The summed E-state index contributed by atoms with van der Waals surface area (Å²) in [6, 6.07) is 3.78. The third-order valence-corrected chi connectivity index (χ3v) is 2.87. The quantitative estimate of drug-likeness (QED) is 0.736. The molecule has 3 nitrogen and oxygen atoms in total. The van der Waals surface area contributed by atoms with Gasteiger partial charge in [0, 0.05) is 24.8 Å². The van der Waals surface area contributed by atoms with Gasteiger partial charge in [-0.3, -0.25) is 4.79 Å². The molecule has 0 aliphatic carbocycles. The van der Waals surface area contributed by atoms with Crippen molar-refractivity contribution in [2.45, 2.75) is 40.2 Å². The van der Waals surface area contributed by atoms with Gasteiger partial charge in [0.1, 0.15) is 0 Å². The van der Waals surface area contributed by atoms with Crippen molar-refractivity contribution in [2.24, 2.45) is 5.92 Å². The summed E-state index contributed by atoms with van der Waals surface area (Å²) >= 11 is 0. The van der Waals surface area contributed by atoms with Gasteiger partial charge in [0.15, 0.2) is 0 Å².